The van der Waals surface area contributed by atoms with Gasteiger partial charge in [0.25, 0.3) is 0 Å². The van der Waals surface area contributed by atoms with Crippen molar-refractivity contribution in [2.45, 2.75) is 31.5 Å². The van der Waals surface area contributed by atoms with Crippen molar-refractivity contribution >= 4 is 40.9 Å². The van der Waals surface area contributed by atoms with Crippen molar-refractivity contribution in [3.63, 3.8) is 0 Å². The Balaban J connectivity index is 1.54. The Morgan fingerprint density at radius 1 is 1.03 bits per heavy atom. The van der Waals surface area contributed by atoms with E-state index in [0.29, 0.717) is 33.7 Å². The summed E-state index contributed by atoms with van der Waals surface area (Å²) < 4.78 is 12.1. The predicted molar refractivity (Wildman–Crippen MR) is 133 cm³/mol. The van der Waals surface area contributed by atoms with Crippen LogP contribution in [-0.2, 0) is 27.8 Å². The van der Waals surface area contributed by atoms with Crippen LogP contribution in [0.3, 0.4) is 0 Å². The number of nitrogens with one attached hydrogen (secondary N) is 2. The van der Waals surface area contributed by atoms with Gasteiger partial charge in [0, 0.05) is 12.7 Å². The number of aromatic nitrogens is 3. The largest absolute Gasteiger partial charge is 0.495 e. The van der Waals surface area contributed by atoms with E-state index in [1.165, 1.54) is 18.9 Å². The highest BCUT2D eigenvalue weighted by Crippen LogP contribution is 2.23. The van der Waals surface area contributed by atoms with Gasteiger partial charge in [-0.15, -0.1) is 10.2 Å². The molecule has 3 aromatic rings. The van der Waals surface area contributed by atoms with Gasteiger partial charge in [-0.1, -0.05) is 30.0 Å². The van der Waals surface area contributed by atoms with Crippen LogP contribution < -0.4 is 15.4 Å². The molecule has 2 N–H and O–H groups in total. The van der Waals surface area contributed by atoms with Crippen molar-refractivity contribution in [3.8, 4) is 5.75 Å². The molecule has 0 unspecified atom stereocenters. The lowest BCUT2D eigenvalue weighted by atomic mass is 10.2. The summed E-state index contributed by atoms with van der Waals surface area (Å²) in [7, 11) is 3.26. The van der Waals surface area contributed by atoms with Crippen molar-refractivity contribution in [3.05, 3.63) is 59.9 Å². The maximum atomic E-state index is 12.5. The quantitative estimate of drug-likeness (QED) is 0.323. The molecule has 0 aliphatic heterocycles. The molecule has 0 fully saturated rings. The van der Waals surface area contributed by atoms with E-state index in [1.807, 2.05) is 6.07 Å². The van der Waals surface area contributed by atoms with Crippen molar-refractivity contribution < 1.29 is 23.9 Å². The molecule has 0 bridgehead atoms. The van der Waals surface area contributed by atoms with E-state index in [9.17, 15) is 14.4 Å². The van der Waals surface area contributed by atoms with Gasteiger partial charge in [0.1, 0.15) is 11.6 Å². The van der Waals surface area contributed by atoms with E-state index in [1.54, 1.807) is 67.9 Å². The second-order valence-corrected chi connectivity index (χ2v) is 8.70. The molecule has 11 heteroatoms. The molecule has 1 aromatic heterocycles. The Morgan fingerprint density at radius 3 is 2.54 bits per heavy atom. The summed E-state index contributed by atoms with van der Waals surface area (Å²) in [5, 5.41) is 14.2. The van der Waals surface area contributed by atoms with Crippen LogP contribution in [0.2, 0.25) is 0 Å². The first-order chi connectivity index (χ1) is 16.8. The van der Waals surface area contributed by atoms with Gasteiger partial charge in [-0.3, -0.25) is 9.59 Å². The normalized spacial score (nSPS) is 10.7. The van der Waals surface area contributed by atoms with Gasteiger partial charge < -0.3 is 24.7 Å². The Kier molecular flexibility index (Phi) is 8.85. The highest BCUT2D eigenvalue weighted by molar-refractivity contribution is 7.99. The van der Waals surface area contributed by atoms with E-state index in [-0.39, 0.29) is 30.1 Å². The van der Waals surface area contributed by atoms with Crippen LogP contribution in [0.25, 0.3) is 0 Å². The van der Waals surface area contributed by atoms with Crippen LogP contribution >= 0.6 is 11.8 Å². The summed E-state index contributed by atoms with van der Waals surface area (Å²) in [4.78, 5) is 36.9. The number of amides is 2. The fourth-order valence-corrected chi connectivity index (χ4v) is 3.77. The number of methoxy groups -OCH3 is 1. The fourth-order valence-electron chi connectivity index (χ4n) is 3.04. The molecule has 0 saturated carbocycles. The number of anilines is 2. The lowest BCUT2D eigenvalue weighted by Gasteiger charge is -2.10. The number of ether oxygens (including phenoxy) is 2. The Hall–Kier alpha value is -3.86. The third kappa shape index (κ3) is 7.31. The molecular formula is C24H27N5O5S. The zero-order valence-corrected chi connectivity index (χ0v) is 20.7. The number of nitrogens with zero attached hydrogens (tertiary/aromatic N) is 3. The molecule has 3 rings (SSSR count). The van der Waals surface area contributed by atoms with Crippen molar-refractivity contribution in [2.24, 2.45) is 7.05 Å². The molecule has 184 valence electrons. The van der Waals surface area contributed by atoms with Crippen molar-refractivity contribution in [2.75, 3.05) is 23.5 Å². The van der Waals surface area contributed by atoms with Crippen LogP contribution in [0.5, 0.6) is 5.75 Å². The van der Waals surface area contributed by atoms with Gasteiger partial charge in [-0.25, -0.2) is 4.79 Å². The minimum Gasteiger partial charge on any atom is -0.495 e. The van der Waals surface area contributed by atoms with Crippen LogP contribution in [0, 0.1) is 0 Å². The Labute approximate surface area is 207 Å². The summed E-state index contributed by atoms with van der Waals surface area (Å²) >= 11 is 1.19. The standard InChI is InChI=1S/C24H27N5O5S/c1-15(2)34-23(32)16-8-7-9-17(12-16)25-22(31)14-35-24-28-27-20(29(24)3)13-21(30)26-18-10-5-6-11-19(18)33-4/h5-12,15H,13-14H2,1-4H3,(H,25,31)(H,26,30). The first-order valence-corrected chi connectivity index (χ1v) is 11.8. The van der Waals surface area contributed by atoms with Gasteiger partial charge in [0.15, 0.2) is 5.16 Å². The van der Waals surface area contributed by atoms with Crippen LogP contribution in [0.15, 0.2) is 53.7 Å². The Bertz CT molecular complexity index is 1210. The van der Waals surface area contributed by atoms with Crippen molar-refractivity contribution in [1.82, 2.24) is 14.8 Å². The molecule has 2 amide bonds. The fraction of sp³-hybridized carbons (Fsp3) is 0.292. The van der Waals surface area contributed by atoms with Gasteiger partial charge in [0.05, 0.1) is 36.6 Å². The first-order valence-electron chi connectivity index (χ1n) is 10.8. The summed E-state index contributed by atoms with van der Waals surface area (Å²) in [6, 6.07) is 13.7. The molecule has 0 atom stereocenters. The van der Waals surface area contributed by atoms with E-state index in [4.69, 9.17) is 9.47 Å². The zero-order valence-electron chi connectivity index (χ0n) is 19.9. The average Bonchev–Trinajstić information content (AvgIpc) is 3.16. The number of benzene rings is 2. The number of carbonyl (C=O) groups is 3. The monoisotopic (exact) mass is 497 g/mol. The van der Waals surface area contributed by atoms with E-state index >= 15 is 0 Å². The second-order valence-electron chi connectivity index (χ2n) is 7.75. The smallest absolute Gasteiger partial charge is 0.338 e. The summed E-state index contributed by atoms with van der Waals surface area (Å²) in [5.41, 5.74) is 1.41. The number of thioether (sulfide) groups is 1. The lowest BCUT2D eigenvalue weighted by molar-refractivity contribution is -0.116. The highest BCUT2D eigenvalue weighted by Gasteiger charge is 2.16. The van der Waals surface area contributed by atoms with Crippen LogP contribution in [0.1, 0.15) is 30.0 Å². The van der Waals surface area contributed by atoms with Crippen LogP contribution in [-0.4, -0.2) is 51.5 Å². The van der Waals surface area contributed by atoms with Gasteiger partial charge >= 0.3 is 5.97 Å². The van der Waals surface area contributed by atoms with Gasteiger partial charge in [0.2, 0.25) is 11.8 Å². The SMILES string of the molecule is COc1ccccc1NC(=O)Cc1nnc(SCC(=O)Nc2cccc(C(=O)OC(C)C)c2)n1C. The predicted octanol–water partition coefficient (Wildman–Crippen LogP) is 3.30. The molecule has 10 nitrogen and oxygen atoms in total. The molecule has 0 spiro atoms. The minimum absolute atomic E-state index is 0.00751. The molecule has 0 aliphatic carbocycles. The molecule has 2 aromatic carbocycles. The number of carbonyl (C=O) groups excluding carboxylic acids is 3. The molecule has 0 saturated heterocycles. The maximum Gasteiger partial charge on any atom is 0.338 e. The second kappa shape index (κ2) is 12.0. The van der Waals surface area contributed by atoms with Gasteiger partial charge in [-0.05, 0) is 44.2 Å². The van der Waals surface area contributed by atoms with E-state index in [0.717, 1.165) is 0 Å². The summed E-state index contributed by atoms with van der Waals surface area (Å²) in [5.74, 6) is 0.0880. The van der Waals surface area contributed by atoms with E-state index < -0.39 is 5.97 Å². The molecule has 0 radical (unpaired) electrons. The number of rotatable bonds is 10. The van der Waals surface area contributed by atoms with Gasteiger partial charge in [-0.2, -0.15) is 0 Å². The topological polar surface area (TPSA) is 124 Å². The maximum absolute atomic E-state index is 12.5. The summed E-state index contributed by atoms with van der Waals surface area (Å²) in [6.45, 7) is 3.54. The van der Waals surface area contributed by atoms with Crippen LogP contribution in [0.4, 0.5) is 11.4 Å². The first kappa shape index (κ1) is 25.8. The van der Waals surface area contributed by atoms with E-state index in [2.05, 4.69) is 20.8 Å². The molecule has 35 heavy (non-hydrogen) atoms. The zero-order chi connectivity index (χ0) is 25.4. The third-order valence-corrected chi connectivity index (χ3v) is 5.70. The number of esters is 1. The number of para-hydroxylation sites is 2. The number of hydrogen-bond acceptors (Lipinski definition) is 8. The number of hydrogen-bond donors (Lipinski definition) is 2. The summed E-state index contributed by atoms with van der Waals surface area (Å²) in [6.07, 6.45) is -0.228. The lowest BCUT2D eigenvalue weighted by Crippen LogP contribution is -2.18. The van der Waals surface area contributed by atoms with Crippen molar-refractivity contribution in [1.29, 1.82) is 0 Å². The third-order valence-electron chi connectivity index (χ3n) is 4.68. The molecular weight excluding hydrogens is 470 g/mol. The minimum atomic E-state index is -0.452. The molecule has 1 heterocycles. The average molecular weight is 498 g/mol. The highest BCUT2D eigenvalue weighted by atomic mass is 32.2. The Morgan fingerprint density at radius 2 is 1.80 bits per heavy atom. The molecule has 0 aliphatic rings.